The van der Waals surface area contributed by atoms with Gasteiger partial charge in [-0.2, -0.15) is 10.2 Å². The summed E-state index contributed by atoms with van der Waals surface area (Å²) in [6.45, 7) is 1.16. The van der Waals surface area contributed by atoms with E-state index in [-0.39, 0.29) is 28.9 Å². The zero-order valence-electron chi connectivity index (χ0n) is 14.5. The topological polar surface area (TPSA) is 94.7 Å². The molecule has 1 aliphatic heterocycles. The highest BCUT2D eigenvalue weighted by molar-refractivity contribution is 5.92. The highest BCUT2D eigenvalue weighted by Gasteiger charge is 2.28. The predicted octanol–water partition coefficient (Wildman–Crippen LogP) is 2.32. The molecule has 1 fully saturated rings. The second kappa shape index (κ2) is 7.14. The Morgan fingerprint density at radius 2 is 1.96 bits per heavy atom. The molecule has 0 spiro atoms. The molecule has 0 unspecified atom stereocenters. The van der Waals surface area contributed by atoms with Crippen molar-refractivity contribution in [3.8, 4) is 11.1 Å². The van der Waals surface area contributed by atoms with Crippen molar-refractivity contribution < 1.29 is 9.18 Å². The zero-order chi connectivity index (χ0) is 18.8. The molecule has 138 valence electrons. The Hall–Kier alpha value is -3.29. The van der Waals surface area contributed by atoms with Gasteiger partial charge in [0.25, 0.3) is 11.5 Å². The number of likely N-dealkylation sites (tertiary alicyclic amines) is 1. The zero-order valence-corrected chi connectivity index (χ0v) is 14.5. The number of carbonyl (C=O) groups excluding carboxylic acids is 1. The molecular formula is C19H18FN5O2. The minimum atomic E-state index is -0.343. The molecule has 27 heavy (non-hydrogen) atoms. The van der Waals surface area contributed by atoms with Gasteiger partial charge in [0, 0.05) is 36.3 Å². The summed E-state index contributed by atoms with van der Waals surface area (Å²) in [7, 11) is 0. The van der Waals surface area contributed by atoms with Crippen molar-refractivity contribution in [1.29, 1.82) is 0 Å². The van der Waals surface area contributed by atoms with Gasteiger partial charge in [0.05, 0.1) is 6.20 Å². The number of aromatic nitrogens is 4. The third-order valence-electron chi connectivity index (χ3n) is 4.84. The van der Waals surface area contributed by atoms with Crippen LogP contribution in [0.3, 0.4) is 0 Å². The maximum atomic E-state index is 13.2. The summed E-state index contributed by atoms with van der Waals surface area (Å²) in [6.07, 6.45) is 3.49. The van der Waals surface area contributed by atoms with Crippen molar-refractivity contribution in [2.45, 2.75) is 18.8 Å². The summed E-state index contributed by atoms with van der Waals surface area (Å²) in [6, 6.07) is 9.02. The van der Waals surface area contributed by atoms with Crippen LogP contribution in [0.1, 0.15) is 34.9 Å². The first-order valence-corrected chi connectivity index (χ1v) is 8.76. The molecule has 0 aliphatic carbocycles. The summed E-state index contributed by atoms with van der Waals surface area (Å²) >= 11 is 0. The van der Waals surface area contributed by atoms with Gasteiger partial charge in [0.1, 0.15) is 11.5 Å². The van der Waals surface area contributed by atoms with Crippen molar-refractivity contribution in [2.24, 2.45) is 0 Å². The number of halogens is 1. The third kappa shape index (κ3) is 3.51. The standard InChI is InChI=1S/C19H18FN5O2/c20-14-5-3-12(4-6-14)15-10-21-24-18(15)13-2-1-9-25(11-13)19(27)16-7-8-17(26)23-22-16/h3-8,10,13H,1-2,9,11H2,(H,21,24)(H,23,26)/t13-/m1/s1. The molecule has 0 saturated carbocycles. The van der Waals surface area contributed by atoms with Gasteiger partial charge in [-0.1, -0.05) is 12.1 Å². The quantitative estimate of drug-likeness (QED) is 0.743. The Kier molecular flexibility index (Phi) is 4.53. The monoisotopic (exact) mass is 367 g/mol. The molecule has 0 radical (unpaired) electrons. The second-order valence-electron chi connectivity index (χ2n) is 6.60. The average Bonchev–Trinajstić information content (AvgIpc) is 3.18. The molecule has 8 heteroatoms. The molecule has 1 aliphatic rings. The van der Waals surface area contributed by atoms with E-state index in [4.69, 9.17) is 0 Å². The van der Waals surface area contributed by atoms with Crippen LogP contribution in [-0.2, 0) is 0 Å². The summed E-state index contributed by atoms with van der Waals surface area (Å²) in [4.78, 5) is 25.6. The fourth-order valence-electron chi connectivity index (χ4n) is 3.49. The van der Waals surface area contributed by atoms with Gasteiger partial charge in [0.15, 0.2) is 0 Å². The van der Waals surface area contributed by atoms with Crippen LogP contribution in [0.4, 0.5) is 4.39 Å². The van der Waals surface area contributed by atoms with Gasteiger partial charge < -0.3 is 4.90 Å². The van der Waals surface area contributed by atoms with Gasteiger partial charge in [0.2, 0.25) is 0 Å². The first-order chi connectivity index (χ1) is 13.1. The van der Waals surface area contributed by atoms with Crippen molar-refractivity contribution in [1.82, 2.24) is 25.3 Å². The summed E-state index contributed by atoms with van der Waals surface area (Å²) < 4.78 is 13.2. The van der Waals surface area contributed by atoms with E-state index in [0.717, 1.165) is 29.7 Å². The fraction of sp³-hybridized carbons (Fsp3) is 0.263. The van der Waals surface area contributed by atoms with Gasteiger partial charge >= 0.3 is 0 Å². The van der Waals surface area contributed by atoms with Gasteiger partial charge in [-0.15, -0.1) is 0 Å². The number of amides is 1. The van der Waals surface area contributed by atoms with Crippen LogP contribution in [0, 0.1) is 5.82 Å². The van der Waals surface area contributed by atoms with Crippen LogP contribution in [0.5, 0.6) is 0 Å². The lowest BCUT2D eigenvalue weighted by molar-refractivity contribution is 0.0698. The lowest BCUT2D eigenvalue weighted by atomic mass is 9.90. The molecule has 0 bridgehead atoms. The minimum absolute atomic E-state index is 0.0908. The second-order valence-corrected chi connectivity index (χ2v) is 6.60. The first kappa shape index (κ1) is 17.1. The van der Waals surface area contributed by atoms with E-state index in [9.17, 15) is 14.0 Å². The number of hydrogen-bond donors (Lipinski definition) is 2. The normalized spacial score (nSPS) is 17.1. The number of piperidine rings is 1. The fourth-order valence-corrected chi connectivity index (χ4v) is 3.49. The highest BCUT2D eigenvalue weighted by Crippen LogP contribution is 2.33. The maximum absolute atomic E-state index is 13.2. The molecule has 1 aromatic carbocycles. The van der Waals surface area contributed by atoms with E-state index < -0.39 is 0 Å². The van der Waals surface area contributed by atoms with Gasteiger partial charge in [-0.3, -0.25) is 14.7 Å². The van der Waals surface area contributed by atoms with Gasteiger partial charge in [-0.25, -0.2) is 9.49 Å². The number of carbonyl (C=O) groups is 1. The summed E-state index contributed by atoms with van der Waals surface area (Å²) in [5.74, 6) is -0.404. The lowest BCUT2D eigenvalue weighted by Gasteiger charge is -2.32. The van der Waals surface area contributed by atoms with Crippen LogP contribution in [0.25, 0.3) is 11.1 Å². The number of H-pyrrole nitrogens is 2. The van der Waals surface area contributed by atoms with Crippen molar-refractivity contribution >= 4 is 5.91 Å². The molecule has 7 nitrogen and oxygen atoms in total. The van der Waals surface area contributed by atoms with Crippen molar-refractivity contribution in [3.05, 3.63) is 70.2 Å². The molecule has 3 heterocycles. The molecule has 1 amide bonds. The average molecular weight is 367 g/mol. The van der Waals surface area contributed by atoms with Crippen molar-refractivity contribution in [3.63, 3.8) is 0 Å². The third-order valence-corrected chi connectivity index (χ3v) is 4.84. The van der Waals surface area contributed by atoms with E-state index in [1.54, 1.807) is 23.2 Å². The molecule has 4 rings (SSSR count). The van der Waals surface area contributed by atoms with Crippen LogP contribution in [0.2, 0.25) is 0 Å². The number of nitrogens with one attached hydrogen (secondary N) is 2. The number of rotatable bonds is 3. The largest absolute Gasteiger partial charge is 0.337 e. The summed E-state index contributed by atoms with van der Waals surface area (Å²) in [5.41, 5.74) is 2.61. The van der Waals surface area contributed by atoms with Crippen LogP contribution < -0.4 is 5.56 Å². The Balaban J connectivity index is 1.56. The number of nitrogens with zero attached hydrogens (tertiary/aromatic N) is 3. The Bertz CT molecular complexity index is 991. The number of aromatic amines is 2. The maximum Gasteiger partial charge on any atom is 0.274 e. The molecule has 2 N–H and O–H groups in total. The highest BCUT2D eigenvalue weighted by atomic mass is 19.1. The van der Waals surface area contributed by atoms with Crippen LogP contribution >= 0.6 is 0 Å². The molecule has 1 saturated heterocycles. The predicted molar refractivity (Wildman–Crippen MR) is 96.7 cm³/mol. The number of benzene rings is 1. The van der Waals surface area contributed by atoms with E-state index in [2.05, 4.69) is 20.4 Å². The Morgan fingerprint density at radius 3 is 2.70 bits per heavy atom. The SMILES string of the molecule is O=C(c1ccc(=O)[nH]n1)N1CCC[C@@H](c2[nH]ncc2-c2ccc(F)cc2)C1. The minimum Gasteiger partial charge on any atom is -0.337 e. The lowest BCUT2D eigenvalue weighted by Crippen LogP contribution is -2.40. The van der Waals surface area contributed by atoms with Crippen LogP contribution in [-0.4, -0.2) is 44.3 Å². The Labute approximate surface area is 154 Å². The van der Waals surface area contributed by atoms with E-state index >= 15 is 0 Å². The van der Waals surface area contributed by atoms with Crippen molar-refractivity contribution in [2.75, 3.05) is 13.1 Å². The smallest absolute Gasteiger partial charge is 0.274 e. The summed E-state index contributed by atoms with van der Waals surface area (Å²) in [5, 5.41) is 13.3. The van der Waals surface area contributed by atoms with E-state index in [1.165, 1.54) is 24.3 Å². The number of hydrogen-bond acceptors (Lipinski definition) is 4. The van der Waals surface area contributed by atoms with Crippen LogP contribution in [0.15, 0.2) is 47.4 Å². The molecule has 1 atom stereocenters. The molecular weight excluding hydrogens is 349 g/mol. The van der Waals surface area contributed by atoms with E-state index in [1.807, 2.05) is 0 Å². The van der Waals surface area contributed by atoms with E-state index in [0.29, 0.717) is 13.1 Å². The molecule has 2 aromatic heterocycles. The van der Waals surface area contributed by atoms with Gasteiger partial charge in [-0.05, 0) is 36.6 Å². The first-order valence-electron chi connectivity index (χ1n) is 8.76. The Morgan fingerprint density at radius 1 is 1.15 bits per heavy atom. The molecule has 3 aromatic rings.